The van der Waals surface area contributed by atoms with Gasteiger partial charge in [0.05, 0.1) is 29.3 Å². The molecule has 1 N–H and O–H groups in total. The molecule has 0 bridgehead atoms. The summed E-state index contributed by atoms with van der Waals surface area (Å²) in [4.78, 5) is 24.0. The highest BCUT2D eigenvalue weighted by Crippen LogP contribution is 2.38. The van der Waals surface area contributed by atoms with Crippen LogP contribution in [0.25, 0.3) is 16.5 Å². The quantitative estimate of drug-likeness (QED) is 0.666. The number of halogens is 1. The number of benzene rings is 1. The minimum atomic E-state index is -0.151. The van der Waals surface area contributed by atoms with Gasteiger partial charge in [0.1, 0.15) is 0 Å². The van der Waals surface area contributed by atoms with Gasteiger partial charge in [-0.05, 0) is 44.7 Å². The first-order valence-electron chi connectivity index (χ1n) is 8.05. The van der Waals surface area contributed by atoms with E-state index in [0.717, 1.165) is 22.0 Å². The van der Waals surface area contributed by atoms with Crippen LogP contribution in [0.15, 0.2) is 18.3 Å². The lowest BCUT2D eigenvalue weighted by atomic mass is 9.84. The summed E-state index contributed by atoms with van der Waals surface area (Å²) in [7, 11) is 0. The van der Waals surface area contributed by atoms with E-state index in [1.165, 1.54) is 6.92 Å². The zero-order valence-electron chi connectivity index (χ0n) is 13.7. The second-order valence-corrected chi connectivity index (χ2v) is 6.36. The highest BCUT2D eigenvalue weighted by atomic mass is 35.5. The number of esters is 1. The zero-order valence-corrected chi connectivity index (χ0v) is 14.4. The monoisotopic (exact) mass is 346 g/mol. The number of aromatic nitrogens is 2. The van der Waals surface area contributed by atoms with Gasteiger partial charge in [-0.2, -0.15) is 5.10 Å². The van der Waals surface area contributed by atoms with Gasteiger partial charge in [0.25, 0.3) is 0 Å². The Bertz CT molecular complexity index is 838. The average molecular weight is 347 g/mol. The Hall–Kier alpha value is -2.14. The highest BCUT2D eigenvalue weighted by Gasteiger charge is 2.26. The second-order valence-electron chi connectivity index (χ2n) is 5.95. The summed E-state index contributed by atoms with van der Waals surface area (Å²) in [5.41, 5.74) is 3.25. The summed E-state index contributed by atoms with van der Waals surface area (Å²) in [6.45, 7) is 3.73. The normalized spacial score (nSPS) is 17.6. The Morgan fingerprint density at radius 1 is 1.46 bits per heavy atom. The van der Waals surface area contributed by atoms with Gasteiger partial charge in [-0.25, -0.2) is 0 Å². The first kappa shape index (κ1) is 16.7. The van der Waals surface area contributed by atoms with Crippen LogP contribution in [-0.2, 0) is 9.53 Å². The smallest absolute Gasteiger partial charge is 0.309 e. The van der Waals surface area contributed by atoms with E-state index in [4.69, 9.17) is 16.3 Å². The van der Waals surface area contributed by atoms with Gasteiger partial charge < -0.3 is 4.74 Å². The highest BCUT2D eigenvalue weighted by molar-refractivity contribution is 6.36. The van der Waals surface area contributed by atoms with Crippen molar-refractivity contribution in [1.82, 2.24) is 10.2 Å². The van der Waals surface area contributed by atoms with E-state index in [0.29, 0.717) is 36.5 Å². The number of carbonyl (C=O) groups excluding carboxylic acids is 2. The van der Waals surface area contributed by atoms with E-state index in [1.807, 2.05) is 13.0 Å². The summed E-state index contributed by atoms with van der Waals surface area (Å²) < 4.78 is 5.10. The van der Waals surface area contributed by atoms with Gasteiger partial charge in [-0.1, -0.05) is 17.7 Å². The van der Waals surface area contributed by atoms with E-state index < -0.39 is 0 Å². The second kappa shape index (κ2) is 6.77. The largest absolute Gasteiger partial charge is 0.466 e. The number of allylic oxidation sites excluding steroid dienone is 2. The number of nitrogens with zero attached hydrogens (tertiary/aromatic N) is 1. The minimum absolute atomic E-state index is 0.0446. The molecule has 0 spiro atoms. The maximum Gasteiger partial charge on any atom is 0.309 e. The number of ketones is 1. The fraction of sp³-hybridized carbons (Fsp3) is 0.389. The van der Waals surface area contributed by atoms with Crippen molar-refractivity contribution in [1.29, 1.82) is 0 Å². The molecule has 6 heteroatoms. The molecule has 0 radical (unpaired) electrons. The maximum absolute atomic E-state index is 12.1. The predicted molar refractivity (Wildman–Crippen MR) is 93.1 cm³/mol. The van der Waals surface area contributed by atoms with E-state index in [9.17, 15) is 9.59 Å². The van der Waals surface area contributed by atoms with Crippen LogP contribution < -0.4 is 0 Å². The molecule has 0 saturated heterocycles. The third-order valence-corrected chi connectivity index (χ3v) is 4.73. The van der Waals surface area contributed by atoms with Crippen LogP contribution in [0.4, 0.5) is 0 Å². The molecule has 1 atom stereocenters. The van der Waals surface area contributed by atoms with Crippen LogP contribution >= 0.6 is 11.6 Å². The first-order valence-corrected chi connectivity index (χ1v) is 8.43. The van der Waals surface area contributed by atoms with Crippen molar-refractivity contribution in [3.63, 3.8) is 0 Å². The van der Waals surface area contributed by atoms with Crippen molar-refractivity contribution in [2.75, 3.05) is 6.61 Å². The topological polar surface area (TPSA) is 72.1 Å². The molecule has 0 amide bonds. The van der Waals surface area contributed by atoms with Crippen molar-refractivity contribution in [3.05, 3.63) is 34.5 Å². The van der Waals surface area contributed by atoms with Crippen LogP contribution in [0, 0.1) is 5.92 Å². The zero-order chi connectivity index (χ0) is 17.3. The van der Waals surface area contributed by atoms with Gasteiger partial charge >= 0.3 is 5.97 Å². The van der Waals surface area contributed by atoms with Crippen molar-refractivity contribution in [2.45, 2.75) is 33.1 Å². The molecule has 1 aromatic heterocycles. The summed E-state index contributed by atoms with van der Waals surface area (Å²) >= 11 is 6.27. The molecule has 24 heavy (non-hydrogen) atoms. The van der Waals surface area contributed by atoms with E-state index in [2.05, 4.69) is 10.2 Å². The van der Waals surface area contributed by atoms with Crippen LogP contribution in [0.1, 0.15) is 49.0 Å². The maximum atomic E-state index is 12.1. The Morgan fingerprint density at radius 3 is 2.88 bits per heavy atom. The van der Waals surface area contributed by atoms with Crippen LogP contribution in [-0.4, -0.2) is 28.6 Å². The molecule has 0 aliphatic heterocycles. The number of carbonyl (C=O) groups is 2. The molecule has 3 rings (SSSR count). The lowest BCUT2D eigenvalue weighted by Gasteiger charge is -2.22. The van der Waals surface area contributed by atoms with Gasteiger partial charge in [-0.15, -0.1) is 0 Å². The van der Waals surface area contributed by atoms with Crippen molar-refractivity contribution in [3.8, 4) is 0 Å². The molecule has 1 aromatic carbocycles. The van der Waals surface area contributed by atoms with Crippen molar-refractivity contribution in [2.24, 2.45) is 5.92 Å². The Morgan fingerprint density at radius 2 is 2.25 bits per heavy atom. The van der Waals surface area contributed by atoms with Gasteiger partial charge in [0, 0.05) is 16.5 Å². The molecular weight excluding hydrogens is 328 g/mol. The molecule has 2 aromatic rings. The van der Waals surface area contributed by atoms with Crippen molar-refractivity contribution >= 4 is 39.8 Å². The molecule has 0 fully saturated rings. The summed E-state index contributed by atoms with van der Waals surface area (Å²) in [5, 5.41) is 8.32. The number of ether oxygens (including phenoxy) is 1. The first-order chi connectivity index (χ1) is 11.5. The van der Waals surface area contributed by atoms with E-state index in [1.54, 1.807) is 12.3 Å². The summed E-state index contributed by atoms with van der Waals surface area (Å²) in [5.74, 6) is -0.307. The molecule has 1 unspecified atom stereocenters. The number of fused-ring (bicyclic) bond motifs is 1. The van der Waals surface area contributed by atoms with E-state index in [-0.39, 0.29) is 17.7 Å². The number of nitrogens with one attached hydrogen (secondary N) is 1. The van der Waals surface area contributed by atoms with Crippen LogP contribution in [0.2, 0.25) is 5.02 Å². The Balaban J connectivity index is 2.02. The minimum Gasteiger partial charge on any atom is -0.466 e. The van der Waals surface area contributed by atoms with Gasteiger partial charge in [-0.3, -0.25) is 14.7 Å². The number of rotatable bonds is 4. The number of Topliss-reactive ketones (excluding diaryl/α,β-unsaturated/α-hetero) is 1. The molecule has 126 valence electrons. The lowest BCUT2D eigenvalue weighted by molar-refractivity contribution is -0.148. The van der Waals surface area contributed by atoms with Gasteiger partial charge in [0.2, 0.25) is 0 Å². The fourth-order valence-electron chi connectivity index (χ4n) is 3.22. The molecule has 1 aliphatic carbocycles. The Labute approximate surface area is 145 Å². The van der Waals surface area contributed by atoms with Crippen molar-refractivity contribution < 1.29 is 14.3 Å². The standard InChI is InChI=1S/C18H19ClN2O3/c1-3-24-18(23)12-6-4-11(5-7-12)16-13(10(2)22)8-15(19)14-9-20-21-17(14)16/h4,8-9,12H,3,5-7H2,1-2H3,(H,20,21). The SMILES string of the molecule is CCOC(=O)C1CC=C(c2c(C(C)=O)cc(Cl)c3cn[nH]c23)CC1. The number of hydrogen-bond donors (Lipinski definition) is 1. The number of H-pyrrole nitrogens is 1. The van der Waals surface area contributed by atoms with Crippen LogP contribution in [0.5, 0.6) is 0 Å². The molecule has 0 saturated carbocycles. The predicted octanol–water partition coefficient (Wildman–Crippen LogP) is 4.17. The Kier molecular flexibility index (Phi) is 4.71. The molecular formula is C18H19ClN2O3. The van der Waals surface area contributed by atoms with Gasteiger partial charge in [0.15, 0.2) is 5.78 Å². The fourth-order valence-corrected chi connectivity index (χ4v) is 3.47. The van der Waals surface area contributed by atoms with Crippen LogP contribution in [0.3, 0.4) is 0 Å². The third kappa shape index (κ3) is 2.96. The molecule has 1 aliphatic rings. The summed E-state index contributed by atoms with van der Waals surface area (Å²) in [6, 6.07) is 1.70. The average Bonchev–Trinajstić information content (AvgIpc) is 3.05. The third-order valence-electron chi connectivity index (χ3n) is 4.42. The number of hydrogen-bond acceptors (Lipinski definition) is 4. The molecule has 1 heterocycles. The summed E-state index contributed by atoms with van der Waals surface area (Å²) in [6.07, 6.45) is 5.72. The molecule has 5 nitrogen and oxygen atoms in total. The lowest BCUT2D eigenvalue weighted by Crippen LogP contribution is -2.20. The van der Waals surface area contributed by atoms with E-state index >= 15 is 0 Å². The number of aromatic amines is 1.